The molecule has 0 radical (unpaired) electrons. The Hall–Kier alpha value is -0.910. The molecule has 1 saturated heterocycles. The van der Waals surface area contributed by atoms with E-state index >= 15 is 0 Å². The summed E-state index contributed by atoms with van der Waals surface area (Å²) in [7, 11) is 0. The Bertz CT molecular complexity index is 267. The van der Waals surface area contributed by atoms with Gasteiger partial charge in [-0.1, -0.05) is 19.8 Å². The van der Waals surface area contributed by atoms with Crippen LogP contribution in [0.15, 0.2) is 0 Å². The number of nitrogens with one attached hydrogen (secondary N) is 2. The number of aliphatic carboxylic acids is 1. The summed E-state index contributed by atoms with van der Waals surface area (Å²) in [6.45, 7) is 1.99. The molecule has 17 heavy (non-hydrogen) atoms. The summed E-state index contributed by atoms with van der Waals surface area (Å²) in [4.78, 5) is 22.5. The molecule has 0 aliphatic carbocycles. The molecule has 1 aliphatic heterocycles. The third-order valence-electron chi connectivity index (χ3n) is 2.71. The highest BCUT2D eigenvalue weighted by Gasteiger charge is 2.22. The third-order valence-corrected chi connectivity index (χ3v) is 3.88. The van der Waals surface area contributed by atoms with Crippen molar-refractivity contribution < 1.29 is 14.7 Å². The van der Waals surface area contributed by atoms with Crippen molar-refractivity contribution in [1.29, 1.82) is 0 Å². The van der Waals surface area contributed by atoms with Crippen LogP contribution in [0.5, 0.6) is 0 Å². The summed E-state index contributed by atoms with van der Waals surface area (Å²) in [6.07, 6.45) is 3.17. The van der Waals surface area contributed by atoms with Crippen molar-refractivity contribution in [2.45, 2.75) is 44.7 Å². The number of hydrogen-bond acceptors (Lipinski definition) is 3. The van der Waals surface area contributed by atoms with Gasteiger partial charge in [0.05, 0.1) is 0 Å². The largest absolute Gasteiger partial charge is 0.480 e. The summed E-state index contributed by atoms with van der Waals surface area (Å²) in [6, 6.07) is -0.953. The Morgan fingerprint density at radius 1 is 1.53 bits per heavy atom. The van der Waals surface area contributed by atoms with Gasteiger partial charge in [0.25, 0.3) is 0 Å². The molecule has 2 unspecified atom stereocenters. The van der Waals surface area contributed by atoms with Gasteiger partial charge in [0.2, 0.25) is 0 Å². The van der Waals surface area contributed by atoms with Gasteiger partial charge in [0.1, 0.15) is 6.04 Å². The van der Waals surface area contributed by atoms with Crippen LogP contribution in [0.25, 0.3) is 0 Å². The number of amides is 2. The molecule has 0 bridgehead atoms. The molecular weight excluding hydrogens is 240 g/mol. The third kappa shape index (κ3) is 5.30. The van der Waals surface area contributed by atoms with E-state index in [1.165, 1.54) is 0 Å². The summed E-state index contributed by atoms with van der Waals surface area (Å²) in [5.74, 6) is 1.01. The molecule has 3 N–H and O–H groups in total. The Kier molecular flexibility index (Phi) is 6.18. The number of thioether (sulfide) groups is 1. The molecule has 0 aromatic rings. The number of hydrogen-bond donors (Lipinski definition) is 3. The molecule has 5 nitrogen and oxygen atoms in total. The van der Waals surface area contributed by atoms with Crippen LogP contribution >= 0.6 is 11.8 Å². The van der Waals surface area contributed by atoms with Crippen LogP contribution in [0.2, 0.25) is 0 Å². The van der Waals surface area contributed by atoms with Gasteiger partial charge in [0, 0.05) is 11.8 Å². The first-order valence-electron chi connectivity index (χ1n) is 6.01. The molecule has 98 valence electrons. The van der Waals surface area contributed by atoms with Crippen LogP contribution in [-0.4, -0.2) is 40.7 Å². The lowest BCUT2D eigenvalue weighted by molar-refractivity contribution is -0.139. The second kappa shape index (κ2) is 7.42. The van der Waals surface area contributed by atoms with Gasteiger partial charge in [-0.3, -0.25) is 0 Å². The molecular formula is C11H20N2O3S. The van der Waals surface area contributed by atoms with Crippen molar-refractivity contribution >= 4 is 23.8 Å². The van der Waals surface area contributed by atoms with Crippen molar-refractivity contribution in [2.24, 2.45) is 0 Å². The van der Waals surface area contributed by atoms with E-state index < -0.39 is 12.0 Å². The zero-order chi connectivity index (χ0) is 12.7. The fourth-order valence-electron chi connectivity index (χ4n) is 1.70. The van der Waals surface area contributed by atoms with Crippen LogP contribution < -0.4 is 10.6 Å². The van der Waals surface area contributed by atoms with Gasteiger partial charge in [-0.05, 0) is 18.6 Å². The topological polar surface area (TPSA) is 78.4 Å². The number of carbonyl (C=O) groups excluding carboxylic acids is 1. The quantitative estimate of drug-likeness (QED) is 0.675. The van der Waals surface area contributed by atoms with E-state index in [4.69, 9.17) is 5.11 Å². The van der Waals surface area contributed by atoms with E-state index in [0.717, 1.165) is 30.8 Å². The van der Waals surface area contributed by atoms with Gasteiger partial charge in [0.15, 0.2) is 0 Å². The summed E-state index contributed by atoms with van der Waals surface area (Å²) in [5.41, 5.74) is 0. The molecule has 2 atom stereocenters. The minimum Gasteiger partial charge on any atom is -0.480 e. The first kappa shape index (κ1) is 14.2. The van der Waals surface area contributed by atoms with Gasteiger partial charge in [-0.25, -0.2) is 9.59 Å². The lowest BCUT2D eigenvalue weighted by atomic mass is 10.1. The van der Waals surface area contributed by atoms with Crippen molar-refractivity contribution in [2.75, 3.05) is 11.5 Å². The van der Waals surface area contributed by atoms with Crippen LogP contribution in [0.1, 0.15) is 32.6 Å². The van der Waals surface area contributed by atoms with Crippen LogP contribution in [0.4, 0.5) is 4.79 Å². The maximum atomic E-state index is 11.6. The molecule has 1 fully saturated rings. The van der Waals surface area contributed by atoms with E-state index in [-0.39, 0.29) is 12.1 Å². The minimum atomic E-state index is -0.964. The molecule has 1 heterocycles. The molecule has 0 saturated carbocycles. The van der Waals surface area contributed by atoms with Crippen LogP contribution in [-0.2, 0) is 4.79 Å². The molecule has 1 rings (SSSR count). The van der Waals surface area contributed by atoms with Crippen LogP contribution in [0.3, 0.4) is 0 Å². The number of carbonyl (C=O) groups is 2. The first-order valence-corrected chi connectivity index (χ1v) is 7.16. The average Bonchev–Trinajstić information content (AvgIpc) is 2.76. The number of unbranched alkanes of at least 4 members (excludes halogenated alkanes) is 1. The highest BCUT2D eigenvalue weighted by Crippen LogP contribution is 2.16. The second-order valence-corrected chi connectivity index (χ2v) is 5.36. The Morgan fingerprint density at radius 2 is 2.29 bits per heavy atom. The van der Waals surface area contributed by atoms with Crippen LogP contribution in [0, 0.1) is 0 Å². The van der Waals surface area contributed by atoms with Crippen molar-refractivity contribution in [3.05, 3.63) is 0 Å². The summed E-state index contributed by atoms with van der Waals surface area (Å²) in [5, 5.41) is 14.3. The van der Waals surface area contributed by atoms with E-state index in [2.05, 4.69) is 10.6 Å². The van der Waals surface area contributed by atoms with Crippen molar-refractivity contribution in [1.82, 2.24) is 10.6 Å². The maximum Gasteiger partial charge on any atom is 0.326 e. The zero-order valence-corrected chi connectivity index (χ0v) is 10.9. The Balaban J connectivity index is 2.32. The number of carboxylic acid groups (broad SMARTS) is 1. The zero-order valence-electron chi connectivity index (χ0n) is 10.1. The smallest absolute Gasteiger partial charge is 0.326 e. The lowest BCUT2D eigenvalue weighted by Gasteiger charge is -2.17. The summed E-state index contributed by atoms with van der Waals surface area (Å²) < 4.78 is 0. The van der Waals surface area contributed by atoms with E-state index in [0.29, 0.717) is 6.42 Å². The fourth-order valence-corrected chi connectivity index (χ4v) is 2.85. The average molecular weight is 260 g/mol. The predicted molar refractivity (Wildman–Crippen MR) is 68.3 cm³/mol. The Labute approximate surface area is 106 Å². The standard InChI is InChI=1S/C11H20N2O3S/c1-2-3-4-9(10(14)15)13-11(16)12-8-5-6-17-7-8/h8-9H,2-7H2,1H3,(H,14,15)(H2,12,13,16). The van der Waals surface area contributed by atoms with E-state index in [1.807, 2.05) is 6.92 Å². The maximum absolute atomic E-state index is 11.6. The predicted octanol–water partition coefficient (Wildman–Crippen LogP) is 1.43. The van der Waals surface area contributed by atoms with Gasteiger partial charge in [-0.2, -0.15) is 11.8 Å². The number of urea groups is 1. The summed E-state index contributed by atoms with van der Waals surface area (Å²) >= 11 is 1.80. The van der Waals surface area contributed by atoms with Gasteiger partial charge < -0.3 is 15.7 Å². The lowest BCUT2D eigenvalue weighted by Crippen LogP contribution is -2.49. The molecule has 2 amide bonds. The van der Waals surface area contributed by atoms with Gasteiger partial charge >= 0.3 is 12.0 Å². The highest BCUT2D eigenvalue weighted by atomic mass is 32.2. The van der Waals surface area contributed by atoms with Crippen molar-refractivity contribution in [3.8, 4) is 0 Å². The number of rotatable bonds is 6. The van der Waals surface area contributed by atoms with E-state index in [1.54, 1.807) is 11.8 Å². The second-order valence-electron chi connectivity index (χ2n) is 4.21. The molecule has 1 aliphatic rings. The normalized spacial score (nSPS) is 20.9. The number of carboxylic acids is 1. The molecule has 0 aromatic heterocycles. The molecule has 0 aromatic carbocycles. The first-order chi connectivity index (χ1) is 8.13. The SMILES string of the molecule is CCCCC(NC(=O)NC1CCSC1)C(=O)O. The highest BCUT2D eigenvalue weighted by molar-refractivity contribution is 7.99. The van der Waals surface area contributed by atoms with Crippen molar-refractivity contribution in [3.63, 3.8) is 0 Å². The minimum absolute atomic E-state index is 0.181. The monoisotopic (exact) mass is 260 g/mol. The van der Waals surface area contributed by atoms with Gasteiger partial charge in [-0.15, -0.1) is 0 Å². The molecule has 6 heteroatoms. The fraction of sp³-hybridized carbons (Fsp3) is 0.818. The Morgan fingerprint density at radius 3 is 2.82 bits per heavy atom. The molecule has 0 spiro atoms. The van der Waals surface area contributed by atoms with E-state index in [9.17, 15) is 9.59 Å².